The Labute approximate surface area is 395 Å². The number of carbonyl (C=O) groups is 2. The first-order valence-electron chi connectivity index (χ1n) is 26.8. The van der Waals surface area contributed by atoms with Crippen LogP contribution in [0.3, 0.4) is 0 Å². The van der Waals surface area contributed by atoms with Crippen molar-refractivity contribution in [2.75, 3.05) is 6.61 Å². The highest BCUT2D eigenvalue weighted by Crippen LogP contribution is 2.16. The van der Waals surface area contributed by atoms with Crippen LogP contribution in [0.4, 0.5) is 0 Å². The maximum absolute atomic E-state index is 13.2. The number of hydrogen-bond acceptors (Lipinski definition) is 5. The van der Waals surface area contributed by atoms with Crippen molar-refractivity contribution in [2.24, 2.45) is 0 Å². The van der Waals surface area contributed by atoms with E-state index in [4.69, 9.17) is 4.74 Å². The van der Waals surface area contributed by atoms with Crippen LogP contribution in [0.5, 0.6) is 0 Å². The lowest BCUT2D eigenvalue weighted by atomic mass is 10.0. The molecule has 0 fully saturated rings. The predicted octanol–water partition coefficient (Wildman–Crippen LogP) is 16.3. The van der Waals surface area contributed by atoms with Crippen LogP contribution in [0.25, 0.3) is 0 Å². The molecular weight excluding hydrogens is 791 g/mol. The number of unbranched alkanes of at least 4 members (excludes halogenated alkanes) is 23. The van der Waals surface area contributed by atoms with Gasteiger partial charge in [0.25, 0.3) is 0 Å². The Balaban J connectivity index is 4.70. The van der Waals surface area contributed by atoms with E-state index in [1.54, 1.807) is 6.08 Å². The lowest BCUT2D eigenvalue weighted by molar-refractivity contribution is -0.148. The molecule has 3 N–H and O–H groups in total. The van der Waals surface area contributed by atoms with Gasteiger partial charge in [-0.1, -0.05) is 235 Å². The standard InChI is InChI=1S/C58H101NO5/c1-4-7-10-13-16-19-21-23-25-27-28-30-32-34-36-39-42-45-48-51-58(63)64-54(49-46-43-40-38-35-33-31-29-26-24-22-20-17-14-11-8-5-2)52-57(62)59-55(53-60)56(61)50-47-44-41-37-18-15-12-9-6-3/h8,11,17,20,23-26,31,33,38,40,46,49,54-56,60-61H,4-7,9-10,12-16,18-19,21-22,27-30,32,34-37,39,41-45,47-48,50-53H2,1-3H3,(H,59,62)/b11-8-,20-17-,25-23+,26-24-,33-31-,40-38-,49-46-. The van der Waals surface area contributed by atoms with Gasteiger partial charge in [0.1, 0.15) is 6.10 Å². The van der Waals surface area contributed by atoms with Gasteiger partial charge in [0, 0.05) is 6.42 Å². The number of amides is 1. The summed E-state index contributed by atoms with van der Waals surface area (Å²) in [5.41, 5.74) is 0. The normalized spacial score (nSPS) is 13.9. The van der Waals surface area contributed by atoms with E-state index in [0.29, 0.717) is 19.3 Å². The van der Waals surface area contributed by atoms with Gasteiger partial charge in [-0.3, -0.25) is 9.59 Å². The summed E-state index contributed by atoms with van der Waals surface area (Å²) in [5, 5.41) is 23.6. The van der Waals surface area contributed by atoms with Crippen molar-refractivity contribution in [3.8, 4) is 0 Å². The molecule has 0 saturated carbocycles. The van der Waals surface area contributed by atoms with Gasteiger partial charge < -0.3 is 20.3 Å². The monoisotopic (exact) mass is 892 g/mol. The Morgan fingerprint density at radius 1 is 0.484 bits per heavy atom. The summed E-state index contributed by atoms with van der Waals surface area (Å²) in [6.45, 7) is 6.31. The van der Waals surface area contributed by atoms with Crippen LogP contribution in [0.2, 0.25) is 0 Å². The number of esters is 1. The number of rotatable bonds is 47. The molecule has 1 amide bonds. The van der Waals surface area contributed by atoms with E-state index in [-0.39, 0.29) is 24.9 Å². The van der Waals surface area contributed by atoms with E-state index in [2.05, 4.69) is 99.0 Å². The highest BCUT2D eigenvalue weighted by atomic mass is 16.5. The molecule has 6 heteroatoms. The van der Waals surface area contributed by atoms with Crippen molar-refractivity contribution < 1.29 is 24.5 Å². The van der Waals surface area contributed by atoms with Gasteiger partial charge in [0.15, 0.2) is 0 Å². The van der Waals surface area contributed by atoms with Crippen LogP contribution in [0.1, 0.15) is 245 Å². The summed E-state index contributed by atoms with van der Waals surface area (Å²) in [4.78, 5) is 26.1. The molecule has 0 aromatic carbocycles. The summed E-state index contributed by atoms with van der Waals surface area (Å²) >= 11 is 0. The fourth-order valence-electron chi connectivity index (χ4n) is 7.66. The van der Waals surface area contributed by atoms with Gasteiger partial charge in [0.2, 0.25) is 5.91 Å². The molecule has 0 saturated heterocycles. The SMILES string of the molecule is CC/C=C\C/C=C\C/C=C\C/C=C\C/C=C\C/C=C\C(CC(=O)NC(CO)C(O)CCCCCCCCCCC)OC(=O)CCCCCCCCCCC/C=C/CCCCCCCC. The fourth-order valence-corrected chi connectivity index (χ4v) is 7.66. The zero-order chi connectivity index (χ0) is 46.7. The van der Waals surface area contributed by atoms with Gasteiger partial charge in [-0.15, -0.1) is 0 Å². The summed E-state index contributed by atoms with van der Waals surface area (Å²) in [5.74, 6) is -0.634. The van der Waals surface area contributed by atoms with Crippen LogP contribution in [0.15, 0.2) is 85.1 Å². The third-order valence-electron chi connectivity index (χ3n) is 11.7. The molecule has 0 aliphatic carbocycles. The predicted molar refractivity (Wildman–Crippen MR) is 278 cm³/mol. The number of aliphatic hydroxyl groups is 2. The molecule has 3 unspecified atom stereocenters. The first-order valence-corrected chi connectivity index (χ1v) is 26.8. The minimum absolute atomic E-state index is 0.0510. The Hall–Kier alpha value is -2.96. The van der Waals surface area contributed by atoms with Gasteiger partial charge in [-0.25, -0.2) is 0 Å². The summed E-state index contributed by atoms with van der Waals surface area (Å²) in [6.07, 6.45) is 66.8. The van der Waals surface area contributed by atoms with E-state index in [1.807, 2.05) is 6.08 Å². The molecule has 0 rings (SSSR count). The van der Waals surface area contributed by atoms with Crippen molar-refractivity contribution in [3.63, 3.8) is 0 Å². The maximum Gasteiger partial charge on any atom is 0.306 e. The molecule has 368 valence electrons. The van der Waals surface area contributed by atoms with Gasteiger partial charge in [0.05, 0.1) is 25.2 Å². The van der Waals surface area contributed by atoms with Crippen LogP contribution in [-0.4, -0.2) is 46.9 Å². The van der Waals surface area contributed by atoms with Crippen molar-refractivity contribution >= 4 is 11.9 Å². The third kappa shape index (κ3) is 45.6. The molecule has 0 bridgehead atoms. The van der Waals surface area contributed by atoms with E-state index in [0.717, 1.165) is 70.6 Å². The molecule has 64 heavy (non-hydrogen) atoms. The Morgan fingerprint density at radius 3 is 1.31 bits per heavy atom. The lowest BCUT2D eigenvalue weighted by Gasteiger charge is -2.23. The number of allylic oxidation sites excluding steroid dienone is 13. The van der Waals surface area contributed by atoms with Crippen molar-refractivity contribution in [1.29, 1.82) is 0 Å². The first kappa shape index (κ1) is 61.0. The van der Waals surface area contributed by atoms with Crippen LogP contribution >= 0.6 is 0 Å². The van der Waals surface area contributed by atoms with E-state index >= 15 is 0 Å². The van der Waals surface area contributed by atoms with E-state index in [9.17, 15) is 19.8 Å². The minimum Gasteiger partial charge on any atom is -0.458 e. The average molecular weight is 892 g/mol. The first-order chi connectivity index (χ1) is 31.5. The second-order valence-electron chi connectivity index (χ2n) is 17.9. The molecule has 0 aliphatic heterocycles. The molecule has 0 spiro atoms. The van der Waals surface area contributed by atoms with Gasteiger partial charge in [-0.05, 0) is 83.1 Å². The van der Waals surface area contributed by atoms with E-state index in [1.165, 1.54) is 128 Å². The lowest BCUT2D eigenvalue weighted by Crippen LogP contribution is -2.46. The summed E-state index contributed by atoms with van der Waals surface area (Å²) < 4.78 is 5.83. The zero-order valence-corrected chi connectivity index (χ0v) is 41.9. The topological polar surface area (TPSA) is 95.9 Å². The molecule has 0 heterocycles. The van der Waals surface area contributed by atoms with E-state index < -0.39 is 18.2 Å². The average Bonchev–Trinajstić information content (AvgIpc) is 3.29. The summed E-state index contributed by atoms with van der Waals surface area (Å²) in [6, 6.07) is -0.745. The maximum atomic E-state index is 13.2. The smallest absolute Gasteiger partial charge is 0.306 e. The quantitative estimate of drug-likeness (QED) is 0.0321. The van der Waals surface area contributed by atoms with Gasteiger partial charge in [-0.2, -0.15) is 0 Å². The third-order valence-corrected chi connectivity index (χ3v) is 11.7. The second-order valence-corrected chi connectivity index (χ2v) is 17.9. The minimum atomic E-state index is -0.822. The van der Waals surface area contributed by atoms with Crippen LogP contribution in [0, 0.1) is 0 Å². The number of hydrogen-bond donors (Lipinski definition) is 3. The molecule has 3 atom stereocenters. The molecule has 0 radical (unpaired) electrons. The molecule has 0 aromatic rings. The zero-order valence-electron chi connectivity index (χ0n) is 41.9. The number of carbonyl (C=O) groups excluding carboxylic acids is 2. The molecule has 6 nitrogen and oxygen atoms in total. The largest absolute Gasteiger partial charge is 0.458 e. The molecular formula is C58H101NO5. The highest BCUT2D eigenvalue weighted by molar-refractivity contribution is 5.78. The van der Waals surface area contributed by atoms with Crippen LogP contribution in [-0.2, 0) is 14.3 Å². The van der Waals surface area contributed by atoms with Crippen molar-refractivity contribution in [1.82, 2.24) is 5.32 Å². The molecule has 0 aliphatic rings. The molecule has 0 aromatic heterocycles. The van der Waals surface area contributed by atoms with Crippen molar-refractivity contribution in [3.05, 3.63) is 85.1 Å². The number of nitrogens with one attached hydrogen (secondary N) is 1. The summed E-state index contributed by atoms with van der Waals surface area (Å²) in [7, 11) is 0. The Morgan fingerprint density at radius 2 is 0.875 bits per heavy atom. The van der Waals surface area contributed by atoms with Crippen LogP contribution < -0.4 is 5.32 Å². The Kier molecular flexibility index (Phi) is 48.7. The highest BCUT2D eigenvalue weighted by Gasteiger charge is 2.23. The van der Waals surface area contributed by atoms with Crippen molar-refractivity contribution in [2.45, 2.75) is 264 Å². The Bertz CT molecular complexity index is 1230. The number of aliphatic hydroxyl groups excluding tert-OH is 2. The second kappa shape index (κ2) is 51.0. The van der Waals surface area contributed by atoms with Gasteiger partial charge >= 0.3 is 5.97 Å². The number of ether oxygens (including phenoxy) is 1. The fraction of sp³-hybridized carbons (Fsp3) is 0.724.